The summed E-state index contributed by atoms with van der Waals surface area (Å²) in [5, 5.41) is 3.16. The van der Waals surface area contributed by atoms with Crippen molar-refractivity contribution in [1.29, 1.82) is 0 Å². The second-order valence-electron chi connectivity index (χ2n) is 8.61. The fourth-order valence-corrected chi connectivity index (χ4v) is 5.50. The number of hydrogen-bond acceptors (Lipinski definition) is 5. The molecule has 8 nitrogen and oxygen atoms in total. The number of carbonyl (C=O) groups is 2. The summed E-state index contributed by atoms with van der Waals surface area (Å²) >= 11 is 6.13. The molecular weight excluding hydrogens is 545 g/mol. The number of amides is 2. The predicted octanol–water partition coefficient (Wildman–Crippen LogP) is 4.63. The van der Waals surface area contributed by atoms with Gasteiger partial charge in [-0.25, -0.2) is 12.8 Å². The van der Waals surface area contributed by atoms with E-state index in [1.54, 1.807) is 50.2 Å². The molecule has 0 aliphatic carbocycles. The third kappa shape index (κ3) is 7.70. The summed E-state index contributed by atoms with van der Waals surface area (Å²) in [6.07, 6.45) is 0. The van der Waals surface area contributed by atoms with Gasteiger partial charge in [0.05, 0.1) is 17.2 Å². The zero-order chi connectivity index (χ0) is 28.6. The Bertz CT molecular complexity index is 1390. The van der Waals surface area contributed by atoms with Crippen LogP contribution in [-0.2, 0) is 26.2 Å². The first-order valence-corrected chi connectivity index (χ1v) is 14.2. The normalized spacial score (nSPS) is 11.9. The maximum atomic E-state index is 13.8. The van der Waals surface area contributed by atoms with Gasteiger partial charge in [0.1, 0.15) is 24.2 Å². The molecule has 1 atom stereocenters. The fourth-order valence-electron chi connectivity index (χ4n) is 3.87. The average Bonchev–Trinajstić information content (AvgIpc) is 2.91. The summed E-state index contributed by atoms with van der Waals surface area (Å²) in [5.41, 5.74) is 0.866. The van der Waals surface area contributed by atoms with Gasteiger partial charge >= 0.3 is 0 Å². The molecule has 1 unspecified atom stereocenters. The summed E-state index contributed by atoms with van der Waals surface area (Å²) in [6, 6.07) is 16.5. The van der Waals surface area contributed by atoms with Gasteiger partial charge in [-0.05, 0) is 87.0 Å². The van der Waals surface area contributed by atoms with E-state index in [0.29, 0.717) is 29.5 Å². The van der Waals surface area contributed by atoms with Crippen LogP contribution in [0.2, 0.25) is 5.02 Å². The maximum Gasteiger partial charge on any atom is 0.264 e. The summed E-state index contributed by atoms with van der Waals surface area (Å²) in [4.78, 5) is 27.6. The Labute approximate surface area is 233 Å². The van der Waals surface area contributed by atoms with Crippen LogP contribution in [0.15, 0.2) is 77.7 Å². The predicted molar refractivity (Wildman–Crippen MR) is 149 cm³/mol. The Morgan fingerprint density at radius 3 is 2.28 bits per heavy atom. The quantitative estimate of drug-likeness (QED) is 0.340. The molecule has 0 spiro atoms. The van der Waals surface area contributed by atoms with Crippen molar-refractivity contribution in [2.45, 2.75) is 38.3 Å². The first kappa shape index (κ1) is 29.9. The van der Waals surface area contributed by atoms with Crippen molar-refractivity contribution in [2.24, 2.45) is 0 Å². The van der Waals surface area contributed by atoms with E-state index < -0.39 is 34.3 Å². The summed E-state index contributed by atoms with van der Waals surface area (Å²) in [7, 11) is -4.30. The standard InChI is InChI=1S/C28H31ClFN3O5S/c1-4-31-28(35)20(3)32(18-21-7-6-8-22(29)17-21)27(34)19-33(24-11-13-25(14-12-24)38-5-2)39(36,37)26-15-9-23(30)10-16-26/h6-17,20H,4-5,18-19H2,1-3H3,(H,31,35). The van der Waals surface area contributed by atoms with E-state index in [1.165, 1.54) is 17.0 Å². The van der Waals surface area contributed by atoms with Crippen LogP contribution in [0, 0.1) is 5.82 Å². The van der Waals surface area contributed by atoms with Crippen molar-refractivity contribution >= 4 is 39.1 Å². The molecule has 39 heavy (non-hydrogen) atoms. The highest BCUT2D eigenvalue weighted by atomic mass is 35.5. The Hall–Kier alpha value is -3.63. The number of nitrogens with one attached hydrogen (secondary N) is 1. The third-order valence-electron chi connectivity index (χ3n) is 5.88. The van der Waals surface area contributed by atoms with Crippen LogP contribution >= 0.6 is 11.6 Å². The molecule has 0 aliphatic rings. The van der Waals surface area contributed by atoms with Gasteiger partial charge < -0.3 is 15.0 Å². The van der Waals surface area contributed by atoms with Crippen molar-refractivity contribution in [3.05, 3.63) is 89.2 Å². The number of halogens is 2. The average molecular weight is 576 g/mol. The number of rotatable bonds is 12. The van der Waals surface area contributed by atoms with E-state index in [0.717, 1.165) is 28.6 Å². The lowest BCUT2D eigenvalue weighted by atomic mass is 10.1. The molecule has 0 saturated carbocycles. The monoisotopic (exact) mass is 575 g/mol. The van der Waals surface area contributed by atoms with E-state index >= 15 is 0 Å². The molecule has 3 aromatic carbocycles. The highest BCUT2D eigenvalue weighted by Gasteiger charge is 2.32. The van der Waals surface area contributed by atoms with Gasteiger partial charge in [0.25, 0.3) is 10.0 Å². The van der Waals surface area contributed by atoms with E-state index in [2.05, 4.69) is 5.32 Å². The Kier molecular flexibility index (Phi) is 10.3. The maximum absolute atomic E-state index is 13.8. The molecule has 0 radical (unpaired) electrons. The number of benzene rings is 3. The highest BCUT2D eigenvalue weighted by molar-refractivity contribution is 7.92. The van der Waals surface area contributed by atoms with Crippen LogP contribution in [0.3, 0.4) is 0 Å². The minimum atomic E-state index is -4.30. The molecule has 1 N–H and O–H groups in total. The fraction of sp³-hybridized carbons (Fsp3) is 0.286. The second-order valence-corrected chi connectivity index (χ2v) is 10.9. The largest absolute Gasteiger partial charge is 0.494 e. The van der Waals surface area contributed by atoms with Crippen LogP contribution in [0.4, 0.5) is 10.1 Å². The molecule has 2 amide bonds. The Morgan fingerprint density at radius 1 is 1.03 bits per heavy atom. The van der Waals surface area contributed by atoms with E-state index in [1.807, 2.05) is 6.92 Å². The van der Waals surface area contributed by atoms with Gasteiger partial charge in [-0.2, -0.15) is 0 Å². The molecule has 11 heteroatoms. The molecule has 0 saturated heterocycles. The van der Waals surface area contributed by atoms with Gasteiger partial charge in [-0.3, -0.25) is 13.9 Å². The molecule has 208 valence electrons. The van der Waals surface area contributed by atoms with Crippen LogP contribution in [0.5, 0.6) is 5.75 Å². The van der Waals surface area contributed by atoms with E-state index in [-0.39, 0.29) is 23.0 Å². The van der Waals surface area contributed by atoms with Crippen LogP contribution in [-0.4, -0.2) is 50.9 Å². The second kappa shape index (κ2) is 13.4. The SMILES string of the molecule is CCNC(=O)C(C)N(Cc1cccc(Cl)c1)C(=O)CN(c1ccc(OCC)cc1)S(=O)(=O)c1ccc(F)cc1. The van der Waals surface area contributed by atoms with E-state index in [4.69, 9.17) is 16.3 Å². The molecule has 3 rings (SSSR count). The molecule has 0 aromatic heterocycles. The smallest absolute Gasteiger partial charge is 0.264 e. The van der Waals surface area contributed by atoms with Gasteiger partial charge in [-0.1, -0.05) is 23.7 Å². The van der Waals surface area contributed by atoms with Crippen LogP contribution < -0.4 is 14.4 Å². The van der Waals surface area contributed by atoms with Gasteiger partial charge in [-0.15, -0.1) is 0 Å². The minimum Gasteiger partial charge on any atom is -0.494 e. The summed E-state index contributed by atoms with van der Waals surface area (Å²) < 4.78 is 47.4. The number of hydrogen-bond donors (Lipinski definition) is 1. The molecule has 3 aromatic rings. The molecule has 0 fully saturated rings. The van der Waals surface area contributed by atoms with Crippen LogP contribution in [0.1, 0.15) is 26.3 Å². The lowest BCUT2D eigenvalue weighted by molar-refractivity contribution is -0.139. The Morgan fingerprint density at radius 2 is 1.69 bits per heavy atom. The zero-order valence-electron chi connectivity index (χ0n) is 21.9. The zero-order valence-corrected chi connectivity index (χ0v) is 23.5. The summed E-state index contributed by atoms with van der Waals surface area (Å²) in [5.74, 6) is -1.07. The van der Waals surface area contributed by atoms with Crippen molar-refractivity contribution in [3.63, 3.8) is 0 Å². The number of nitrogens with zero attached hydrogens (tertiary/aromatic N) is 2. The Balaban J connectivity index is 2.03. The molecule has 0 aliphatic heterocycles. The third-order valence-corrected chi connectivity index (χ3v) is 7.90. The molecule has 0 heterocycles. The van der Waals surface area contributed by atoms with Crippen LogP contribution in [0.25, 0.3) is 0 Å². The van der Waals surface area contributed by atoms with Crippen molar-refractivity contribution in [1.82, 2.24) is 10.2 Å². The van der Waals surface area contributed by atoms with Gasteiger partial charge in [0, 0.05) is 18.1 Å². The van der Waals surface area contributed by atoms with Gasteiger partial charge in [0.2, 0.25) is 11.8 Å². The first-order valence-electron chi connectivity index (χ1n) is 12.4. The first-order chi connectivity index (χ1) is 18.6. The molecule has 0 bridgehead atoms. The van der Waals surface area contributed by atoms with Gasteiger partial charge in [0.15, 0.2) is 0 Å². The van der Waals surface area contributed by atoms with Crippen molar-refractivity contribution in [3.8, 4) is 5.75 Å². The summed E-state index contributed by atoms with van der Waals surface area (Å²) in [6.45, 7) is 5.34. The lowest BCUT2D eigenvalue weighted by Gasteiger charge is -2.32. The number of carbonyl (C=O) groups excluding carboxylic acids is 2. The topological polar surface area (TPSA) is 96.0 Å². The lowest BCUT2D eigenvalue weighted by Crippen LogP contribution is -2.51. The minimum absolute atomic E-state index is 0.0193. The van der Waals surface area contributed by atoms with Crippen molar-refractivity contribution in [2.75, 3.05) is 24.0 Å². The van der Waals surface area contributed by atoms with E-state index in [9.17, 15) is 22.4 Å². The number of anilines is 1. The van der Waals surface area contributed by atoms with Crippen molar-refractivity contribution < 1.29 is 27.1 Å². The number of likely N-dealkylation sites (N-methyl/N-ethyl adjacent to an activating group) is 1. The number of ether oxygens (including phenoxy) is 1. The number of sulfonamides is 1. The highest BCUT2D eigenvalue weighted by Crippen LogP contribution is 2.27. The molecular formula is C28H31ClFN3O5S.